The van der Waals surface area contributed by atoms with Gasteiger partial charge in [-0.1, -0.05) is 45.9 Å². The fourth-order valence-corrected chi connectivity index (χ4v) is 4.25. The van der Waals surface area contributed by atoms with Crippen LogP contribution in [0.1, 0.15) is 55.7 Å². The largest absolute Gasteiger partial charge is 0.264 e. The molecule has 0 spiro atoms. The van der Waals surface area contributed by atoms with E-state index in [1.807, 2.05) is 17.7 Å². The van der Waals surface area contributed by atoms with Crippen molar-refractivity contribution in [3.63, 3.8) is 0 Å². The number of aryl methyl sites for hydroxylation is 1. The quantitative estimate of drug-likeness (QED) is 0.289. The summed E-state index contributed by atoms with van der Waals surface area (Å²) in [7, 11) is 0. The molecule has 6 heteroatoms. The van der Waals surface area contributed by atoms with Crippen molar-refractivity contribution in [3.8, 4) is 17.1 Å². The first-order chi connectivity index (χ1) is 13.0. The number of thiazole rings is 1. The number of aromatic nitrogens is 4. The van der Waals surface area contributed by atoms with Crippen LogP contribution in [0.3, 0.4) is 0 Å². The van der Waals surface area contributed by atoms with Gasteiger partial charge in [0.25, 0.3) is 0 Å². The summed E-state index contributed by atoms with van der Waals surface area (Å²) in [5.41, 5.74) is 5.59. The minimum atomic E-state index is 0. The summed E-state index contributed by atoms with van der Waals surface area (Å²) in [6.07, 6.45) is 1.63. The number of para-hydroxylation sites is 1. The average Bonchev–Trinajstić information content (AvgIpc) is 3.25. The van der Waals surface area contributed by atoms with Gasteiger partial charge in [-0.3, -0.25) is 14.6 Å². The maximum Gasteiger partial charge on any atom is 0.127 e. The molecular formula is C22H23IrN4S-. The predicted molar refractivity (Wildman–Crippen MR) is 112 cm³/mol. The monoisotopic (exact) mass is 568 g/mol. The van der Waals surface area contributed by atoms with E-state index in [-0.39, 0.29) is 20.1 Å². The number of nitrogens with zero attached hydrogens (tertiary/aromatic N) is 4. The molecule has 0 aliphatic rings. The van der Waals surface area contributed by atoms with Crippen molar-refractivity contribution in [2.45, 2.75) is 46.5 Å². The first-order valence-electron chi connectivity index (χ1n) is 9.28. The molecule has 28 heavy (non-hydrogen) atoms. The predicted octanol–water partition coefficient (Wildman–Crippen LogP) is 5.90. The number of benzene rings is 2. The summed E-state index contributed by atoms with van der Waals surface area (Å²) in [4.78, 5) is 9.19. The van der Waals surface area contributed by atoms with Gasteiger partial charge in [-0.05, 0) is 40.1 Å². The van der Waals surface area contributed by atoms with E-state index in [1.165, 1.54) is 11.1 Å². The minimum Gasteiger partial charge on any atom is -0.264 e. The van der Waals surface area contributed by atoms with Crippen molar-refractivity contribution in [3.05, 3.63) is 58.9 Å². The Labute approximate surface area is 183 Å². The molecule has 0 atom stereocenters. The summed E-state index contributed by atoms with van der Waals surface area (Å²) in [5, 5.41) is 5.66. The van der Waals surface area contributed by atoms with Crippen molar-refractivity contribution in [2.24, 2.45) is 0 Å². The van der Waals surface area contributed by atoms with Crippen LogP contribution >= 0.6 is 11.3 Å². The number of hydrogen-bond donors (Lipinski definition) is 0. The summed E-state index contributed by atoms with van der Waals surface area (Å²) < 4.78 is 3.12. The third-order valence-corrected chi connectivity index (χ3v) is 5.70. The van der Waals surface area contributed by atoms with Gasteiger partial charge in [0.05, 0.1) is 16.5 Å². The summed E-state index contributed by atoms with van der Waals surface area (Å²) in [6.45, 7) is 10.9. The van der Waals surface area contributed by atoms with Crippen LogP contribution in [0.4, 0.5) is 0 Å². The Morgan fingerprint density at radius 1 is 1.07 bits per heavy atom. The van der Waals surface area contributed by atoms with Gasteiger partial charge in [0.1, 0.15) is 6.33 Å². The first kappa shape index (κ1) is 20.8. The van der Waals surface area contributed by atoms with Crippen LogP contribution in [-0.2, 0) is 20.1 Å². The normalized spacial score (nSPS) is 11.4. The van der Waals surface area contributed by atoms with Gasteiger partial charge < -0.3 is 0 Å². The third kappa shape index (κ3) is 3.69. The van der Waals surface area contributed by atoms with Crippen LogP contribution in [0.15, 0.2) is 36.7 Å². The number of hydrogen-bond acceptors (Lipinski definition) is 4. The van der Waals surface area contributed by atoms with Crippen LogP contribution in [0.5, 0.6) is 0 Å². The van der Waals surface area contributed by atoms with E-state index >= 15 is 0 Å². The molecule has 0 aliphatic heterocycles. The van der Waals surface area contributed by atoms with Gasteiger partial charge in [-0.15, -0.1) is 23.8 Å². The van der Waals surface area contributed by atoms with Crippen molar-refractivity contribution in [1.82, 2.24) is 19.7 Å². The molecule has 4 nitrogen and oxygen atoms in total. The maximum atomic E-state index is 4.62. The molecule has 1 radical (unpaired) electrons. The molecule has 0 unspecified atom stereocenters. The third-order valence-electron chi connectivity index (χ3n) is 4.77. The van der Waals surface area contributed by atoms with Crippen molar-refractivity contribution in [1.29, 1.82) is 0 Å². The molecule has 0 N–H and O–H groups in total. The van der Waals surface area contributed by atoms with E-state index in [0.29, 0.717) is 11.8 Å². The molecule has 0 saturated heterocycles. The van der Waals surface area contributed by atoms with Gasteiger partial charge in [-0.25, -0.2) is 0 Å². The summed E-state index contributed by atoms with van der Waals surface area (Å²) >= 11 is 1.69. The van der Waals surface area contributed by atoms with Crippen LogP contribution in [-0.4, -0.2) is 19.7 Å². The van der Waals surface area contributed by atoms with E-state index < -0.39 is 0 Å². The molecule has 2 heterocycles. The van der Waals surface area contributed by atoms with Crippen molar-refractivity contribution >= 4 is 21.6 Å². The van der Waals surface area contributed by atoms with E-state index in [2.05, 4.69) is 73.1 Å². The zero-order valence-electron chi connectivity index (χ0n) is 16.6. The fraction of sp³-hybridized carbons (Fsp3) is 0.318. The second-order valence-corrected chi connectivity index (χ2v) is 8.65. The molecule has 0 amide bonds. The topological polar surface area (TPSA) is 43.6 Å². The molecule has 4 aromatic rings. The molecular weight excluding hydrogens is 545 g/mol. The Bertz CT molecular complexity index is 1080. The number of fused-ring (bicyclic) bond motifs is 1. The molecule has 0 saturated carbocycles. The van der Waals surface area contributed by atoms with E-state index in [4.69, 9.17) is 0 Å². The standard InChI is InChI=1S/C22H23N4S.Ir/c1-13(2)17-7-6-8-18(14(3)4)21(17)26-22(23-12-24-26)16-9-10-20-19(11-16)25-15(5)27-20;/h6-8,10-14H,1-5H3;/q-1;. The molecule has 147 valence electrons. The van der Waals surface area contributed by atoms with Crippen LogP contribution < -0.4 is 0 Å². The van der Waals surface area contributed by atoms with E-state index in [9.17, 15) is 0 Å². The smallest absolute Gasteiger partial charge is 0.127 e. The van der Waals surface area contributed by atoms with Crippen molar-refractivity contribution in [2.75, 3.05) is 0 Å². The Morgan fingerprint density at radius 3 is 2.39 bits per heavy atom. The molecule has 0 fully saturated rings. The van der Waals surface area contributed by atoms with Gasteiger partial charge in [0, 0.05) is 20.1 Å². The maximum absolute atomic E-state index is 4.62. The average molecular weight is 568 g/mol. The molecule has 2 aromatic heterocycles. The SMILES string of the molecule is Cc1nc2cc(-c3ncnn3-c3c(C(C)C)cccc3C(C)C)[c-]cc2s1.[Ir]. The van der Waals surface area contributed by atoms with Gasteiger partial charge in [0.2, 0.25) is 0 Å². The minimum absolute atomic E-state index is 0. The van der Waals surface area contributed by atoms with Gasteiger partial charge >= 0.3 is 0 Å². The molecule has 2 aromatic carbocycles. The van der Waals surface area contributed by atoms with Crippen LogP contribution in [0, 0.1) is 13.0 Å². The molecule has 0 bridgehead atoms. The zero-order chi connectivity index (χ0) is 19.1. The summed E-state index contributed by atoms with van der Waals surface area (Å²) in [5.74, 6) is 1.59. The summed E-state index contributed by atoms with van der Waals surface area (Å²) in [6, 6.07) is 14.0. The Balaban J connectivity index is 0.00000225. The molecule has 0 aliphatic carbocycles. The number of rotatable bonds is 4. The Kier molecular flexibility index (Phi) is 6.13. The van der Waals surface area contributed by atoms with E-state index in [1.54, 1.807) is 17.7 Å². The Morgan fingerprint density at radius 2 is 1.75 bits per heavy atom. The van der Waals surface area contributed by atoms with Gasteiger partial charge in [0.15, 0.2) is 0 Å². The van der Waals surface area contributed by atoms with E-state index in [0.717, 1.165) is 32.3 Å². The van der Waals surface area contributed by atoms with Crippen LogP contribution in [0.25, 0.3) is 27.3 Å². The van der Waals surface area contributed by atoms with Crippen molar-refractivity contribution < 1.29 is 20.1 Å². The second kappa shape index (κ2) is 8.24. The first-order valence-corrected chi connectivity index (χ1v) is 10.1. The van der Waals surface area contributed by atoms with Crippen LogP contribution in [0.2, 0.25) is 0 Å². The van der Waals surface area contributed by atoms with Gasteiger partial charge in [-0.2, -0.15) is 16.4 Å². The molecule has 4 rings (SSSR count). The second-order valence-electron chi connectivity index (χ2n) is 7.42. The fourth-order valence-electron chi connectivity index (χ4n) is 3.46. The zero-order valence-corrected chi connectivity index (χ0v) is 19.9. The Hall–Kier alpha value is -1.88.